The third kappa shape index (κ3) is 2.86. The number of allylic oxidation sites excluding steroid dienone is 4. The Labute approximate surface area is 144 Å². The van der Waals surface area contributed by atoms with E-state index < -0.39 is 0 Å². The van der Waals surface area contributed by atoms with Gasteiger partial charge in [-0.1, -0.05) is 66.2 Å². The molecule has 1 aliphatic rings. The van der Waals surface area contributed by atoms with Crippen LogP contribution in [-0.4, -0.2) is 24.7 Å². The van der Waals surface area contributed by atoms with Crippen LogP contribution >= 0.6 is 11.6 Å². The summed E-state index contributed by atoms with van der Waals surface area (Å²) in [6.45, 7) is 0. The molecule has 0 bridgehead atoms. The van der Waals surface area contributed by atoms with Gasteiger partial charge < -0.3 is 0 Å². The zero-order valence-electron chi connectivity index (χ0n) is 12.7. The quantitative estimate of drug-likeness (QED) is 0.679. The van der Waals surface area contributed by atoms with Gasteiger partial charge in [0.1, 0.15) is 11.5 Å². The fourth-order valence-electron chi connectivity index (χ4n) is 2.63. The molecule has 0 saturated heterocycles. The third-order valence-electron chi connectivity index (χ3n) is 3.80. The van der Waals surface area contributed by atoms with Crippen LogP contribution in [-0.2, 0) is 0 Å². The Morgan fingerprint density at radius 1 is 1.08 bits per heavy atom. The number of hydrogen-bond donors (Lipinski definition) is 0. The van der Waals surface area contributed by atoms with Gasteiger partial charge in [-0.05, 0) is 6.42 Å². The lowest BCUT2D eigenvalue weighted by Gasteiger charge is -2.07. The van der Waals surface area contributed by atoms with Crippen molar-refractivity contribution in [3.63, 3.8) is 0 Å². The van der Waals surface area contributed by atoms with Crippen molar-refractivity contribution in [2.24, 2.45) is 0 Å². The molecular weight excluding hydrogens is 322 g/mol. The molecule has 1 unspecified atom stereocenters. The summed E-state index contributed by atoms with van der Waals surface area (Å²) in [5.41, 5.74) is 0.973. The van der Waals surface area contributed by atoms with Crippen molar-refractivity contribution < 1.29 is 0 Å². The van der Waals surface area contributed by atoms with E-state index in [0.717, 1.165) is 23.6 Å². The largest absolute Gasteiger partial charge is 0.224 e. The summed E-state index contributed by atoms with van der Waals surface area (Å²) in [7, 11) is 0. The first kappa shape index (κ1) is 14.8. The standard InChI is InChI=1S/C18H14ClN5/c19-15-11-16(21-12-20-15)24-18(14-9-5-2-6-10-14)22-17(23-24)13-7-3-1-4-8-13/h1-7,9-13H,8H2. The molecule has 6 heteroatoms. The van der Waals surface area contributed by atoms with Crippen LogP contribution in [0.3, 0.4) is 0 Å². The average Bonchev–Trinajstić information content (AvgIpc) is 3.09. The number of rotatable bonds is 3. The summed E-state index contributed by atoms with van der Waals surface area (Å²) in [6.07, 6.45) is 10.6. The van der Waals surface area contributed by atoms with E-state index in [4.69, 9.17) is 21.7 Å². The van der Waals surface area contributed by atoms with Gasteiger partial charge in [0.25, 0.3) is 0 Å². The molecular formula is C18H14ClN5. The van der Waals surface area contributed by atoms with Crippen LogP contribution in [0.5, 0.6) is 0 Å². The van der Waals surface area contributed by atoms with Crippen LogP contribution in [0.2, 0.25) is 5.15 Å². The predicted molar refractivity (Wildman–Crippen MR) is 93.0 cm³/mol. The lowest BCUT2D eigenvalue weighted by molar-refractivity contribution is 0.745. The van der Waals surface area contributed by atoms with Gasteiger partial charge in [-0.2, -0.15) is 4.68 Å². The lowest BCUT2D eigenvalue weighted by Crippen LogP contribution is -2.04. The minimum absolute atomic E-state index is 0.163. The highest BCUT2D eigenvalue weighted by Crippen LogP contribution is 2.27. The fraction of sp³-hybridized carbons (Fsp3) is 0.111. The van der Waals surface area contributed by atoms with Crippen LogP contribution in [0.1, 0.15) is 18.2 Å². The molecule has 0 fully saturated rings. The van der Waals surface area contributed by atoms with Gasteiger partial charge in [0, 0.05) is 17.5 Å². The molecule has 0 radical (unpaired) electrons. The fourth-order valence-corrected chi connectivity index (χ4v) is 2.77. The highest BCUT2D eigenvalue weighted by molar-refractivity contribution is 6.29. The molecule has 0 aliphatic heterocycles. The van der Waals surface area contributed by atoms with Crippen molar-refractivity contribution in [3.8, 4) is 17.2 Å². The van der Waals surface area contributed by atoms with Crippen molar-refractivity contribution in [2.75, 3.05) is 0 Å². The molecule has 24 heavy (non-hydrogen) atoms. The Balaban J connectivity index is 1.85. The Morgan fingerprint density at radius 3 is 2.71 bits per heavy atom. The number of nitrogens with zero attached hydrogens (tertiary/aromatic N) is 5. The zero-order chi connectivity index (χ0) is 16.4. The summed E-state index contributed by atoms with van der Waals surface area (Å²) in [5, 5.41) is 5.06. The van der Waals surface area contributed by atoms with E-state index in [2.05, 4.69) is 22.1 Å². The molecule has 118 valence electrons. The minimum Gasteiger partial charge on any atom is -0.224 e. The maximum Gasteiger partial charge on any atom is 0.165 e. The van der Waals surface area contributed by atoms with Gasteiger partial charge >= 0.3 is 0 Å². The van der Waals surface area contributed by atoms with E-state index in [9.17, 15) is 0 Å². The first-order valence-corrected chi connectivity index (χ1v) is 8.03. The summed E-state index contributed by atoms with van der Waals surface area (Å²) < 4.78 is 1.73. The Hall–Kier alpha value is -2.79. The molecule has 0 spiro atoms. The second-order valence-corrected chi connectivity index (χ2v) is 5.81. The molecule has 3 aromatic rings. The van der Waals surface area contributed by atoms with Gasteiger partial charge in [0.15, 0.2) is 17.5 Å². The topological polar surface area (TPSA) is 56.5 Å². The molecule has 4 rings (SSSR count). The smallest absolute Gasteiger partial charge is 0.165 e. The van der Waals surface area contributed by atoms with Crippen LogP contribution in [0.4, 0.5) is 0 Å². The predicted octanol–water partition coefficient (Wildman–Crippen LogP) is 3.98. The monoisotopic (exact) mass is 335 g/mol. The van der Waals surface area contributed by atoms with E-state index >= 15 is 0 Å². The maximum absolute atomic E-state index is 6.02. The van der Waals surface area contributed by atoms with Crippen LogP contribution < -0.4 is 0 Å². The van der Waals surface area contributed by atoms with E-state index in [1.165, 1.54) is 6.33 Å². The van der Waals surface area contributed by atoms with Gasteiger partial charge in [0.05, 0.1) is 0 Å². The molecule has 1 aliphatic carbocycles. The molecule has 0 amide bonds. The summed E-state index contributed by atoms with van der Waals surface area (Å²) in [6, 6.07) is 11.6. The number of aromatic nitrogens is 5. The normalized spacial score (nSPS) is 16.5. The van der Waals surface area contributed by atoms with Crippen molar-refractivity contribution in [1.29, 1.82) is 0 Å². The van der Waals surface area contributed by atoms with Gasteiger partial charge in [-0.15, -0.1) is 5.10 Å². The SMILES string of the molecule is Clc1cc(-n2nc(C3C=CC=CC3)nc2-c2ccccc2)ncn1. The molecule has 1 atom stereocenters. The number of benzene rings is 1. The van der Waals surface area contributed by atoms with Crippen LogP contribution in [0, 0.1) is 0 Å². The second kappa shape index (κ2) is 6.37. The zero-order valence-corrected chi connectivity index (χ0v) is 13.5. The van der Waals surface area contributed by atoms with Crippen molar-refractivity contribution in [2.45, 2.75) is 12.3 Å². The molecule has 2 heterocycles. The van der Waals surface area contributed by atoms with Crippen LogP contribution in [0.15, 0.2) is 67.0 Å². The molecule has 2 aromatic heterocycles. The molecule has 0 saturated carbocycles. The van der Waals surface area contributed by atoms with Gasteiger partial charge in [0.2, 0.25) is 0 Å². The summed E-state index contributed by atoms with van der Waals surface area (Å²) in [4.78, 5) is 13.0. The van der Waals surface area contributed by atoms with E-state index in [1.54, 1.807) is 10.7 Å². The van der Waals surface area contributed by atoms with Crippen molar-refractivity contribution in [3.05, 3.63) is 78.0 Å². The number of hydrogen-bond acceptors (Lipinski definition) is 4. The highest BCUT2D eigenvalue weighted by Gasteiger charge is 2.20. The van der Waals surface area contributed by atoms with Crippen molar-refractivity contribution in [1.82, 2.24) is 24.7 Å². The molecule has 1 aromatic carbocycles. The van der Waals surface area contributed by atoms with Crippen molar-refractivity contribution >= 4 is 11.6 Å². The van der Waals surface area contributed by atoms with E-state index in [-0.39, 0.29) is 5.92 Å². The number of halogens is 1. The summed E-state index contributed by atoms with van der Waals surface area (Å²) in [5.74, 6) is 2.27. The Kier molecular flexibility index (Phi) is 3.92. The Bertz CT molecular complexity index is 914. The van der Waals surface area contributed by atoms with Gasteiger partial charge in [-0.3, -0.25) is 0 Å². The Morgan fingerprint density at radius 2 is 1.96 bits per heavy atom. The first-order valence-electron chi connectivity index (χ1n) is 7.65. The van der Waals surface area contributed by atoms with Gasteiger partial charge in [-0.25, -0.2) is 15.0 Å². The van der Waals surface area contributed by atoms with Crippen LogP contribution in [0.25, 0.3) is 17.2 Å². The highest BCUT2D eigenvalue weighted by atomic mass is 35.5. The summed E-state index contributed by atoms with van der Waals surface area (Å²) >= 11 is 6.02. The second-order valence-electron chi connectivity index (χ2n) is 5.43. The third-order valence-corrected chi connectivity index (χ3v) is 4.01. The minimum atomic E-state index is 0.163. The van der Waals surface area contributed by atoms with E-state index in [0.29, 0.717) is 11.0 Å². The molecule has 0 N–H and O–H groups in total. The van der Waals surface area contributed by atoms with E-state index in [1.807, 2.05) is 42.5 Å². The maximum atomic E-state index is 6.02. The average molecular weight is 336 g/mol. The lowest BCUT2D eigenvalue weighted by atomic mass is 10.0. The first-order chi connectivity index (χ1) is 11.8. The molecule has 5 nitrogen and oxygen atoms in total.